The number of nitrogens with zero attached hydrogens (tertiary/aromatic N) is 3. The molecule has 0 aliphatic heterocycles. The van der Waals surface area contributed by atoms with E-state index in [2.05, 4.69) is 15.3 Å². The molecule has 1 N–H and O–H groups in total. The smallest absolute Gasteiger partial charge is 0.252 e. The standard InChI is InChI=1S/C22H18N4O/c1-15-6-7-20-18(10-15)19(11-21(26-20)17-5-3-9-24-14-17)22(27)25-13-16-4-2-8-23-12-16/h2-12,14H,13H2,1H3,(H,25,27). The molecule has 27 heavy (non-hydrogen) atoms. The van der Waals surface area contributed by atoms with E-state index in [9.17, 15) is 4.79 Å². The van der Waals surface area contributed by atoms with Gasteiger partial charge in [0.05, 0.1) is 16.8 Å². The molecule has 0 unspecified atom stereocenters. The first-order valence-electron chi connectivity index (χ1n) is 8.69. The van der Waals surface area contributed by atoms with Gasteiger partial charge in [0.1, 0.15) is 0 Å². The summed E-state index contributed by atoms with van der Waals surface area (Å²) in [5.41, 5.74) is 5.03. The predicted molar refractivity (Wildman–Crippen MR) is 105 cm³/mol. The molecule has 3 heterocycles. The van der Waals surface area contributed by atoms with Crippen molar-refractivity contribution in [2.75, 3.05) is 0 Å². The second-order valence-electron chi connectivity index (χ2n) is 6.36. The second-order valence-corrected chi connectivity index (χ2v) is 6.36. The number of amides is 1. The topological polar surface area (TPSA) is 67.8 Å². The Hall–Kier alpha value is -3.60. The summed E-state index contributed by atoms with van der Waals surface area (Å²) in [5.74, 6) is -0.137. The van der Waals surface area contributed by atoms with Crippen LogP contribution in [0.2, 0.25) is 0 Å². The van der Waals surface area contributed by atoms with Gasteiger partial charge in [0, 0.05) is 42.3 Å². The molecule has 5 nitrogen and oxygen atoms in total. The van der Waals surface area contributed by atoms with Crippen LogP contribution in [0.3, 0.4) is 0 Å². The van der Waals surface area contributed by atoms with E-state index in [-0.39, 0.29) is 5.91 Å². The molecule has 0 spiro atoms. The lowest BCUT2D eigenvalue weighted by Gasteiger charge is -2.11. The second kappa shape index (κ2) is 7.33. The van der Waals surface area contributed by atoms with E-state index in [1.54, 1.807) is 24.8 Å². The van der Waals surface area contributed by atoms with Gasteiger partial charge in [-0.3, -0.25) is 14.8 Å². The molecular formula is C22H18N4O. The number of fused-ring (bicyclic) bond motifs is 1. The van der Waals surface area contributed by atoms with Gasteiger partial charge in [-0.25, -0.2) is 4.98 Å². The highest BCUT2D eigenvalue weighted by atomic mass is 16.1. The van der Waals surface area contributed by atoms with Gasteiger partial charge < -0.3 is 5.32 Å². The lowest BCUT2D eigenvalue weighted by molar-refractivity contribution is 0.0952. The van der Waals surface area contributed by atoms with Crippen molar-refractivity contribution in [3.63, 3.8) is 0 Å². The number of hydrogen-bond donors (Lipinski definition) is 1. The van der Waals surface area contributed by atoms with Gasteiger partial charge in [0.25, 0.3) is 5.91 Å². The molecule has 132 valence electrons. The summed E-state index contributed by atoms with van der Waals surface area (Å²) in [6.45, 7) is 2.43. The van der Waals surface area contributed by atoms with Crippen molar-refractivity contribution in [1.82, 2.24) is 20.3 Å². The highest BCUT2D eigenvalue weighted by Gasteiger charge is 2.14. The van der Waals surface area contributed by atoms with Crippen LogP contribution in [0.15, 0.2) is 73.3 Å². The van der Waals surface area contributed by atoms with Crippen molar-refractivity contribution in [2.45, 2.75) is 13.5 Å². The third-order valence-corrected chi connectivity index (χ3v) is 4.34. The molecule has 0 saturated carbocycles. The largest absolute Gasteiger partial charge is 0.348 e. The predicted octanol–water partition coefficient (Wildman–Crippen LogP) is 3.93. The minimum absolute atomic E-state index is 0.137. The Morgan fingerprint density at radius 2 is 1.81 bits per heavy atom. The summed E-state index contributed by atoms with van der Waals surface area (Å²) < 4.78 is 0. The van der Waals surface area contributed by atoms with E-state index >= 15 is 0 Å². The number of aryl methyl sites for hydroxylation is 1. The van der Waals surface area contributed by atoms with E-state index < -0.39 is 0 Å². The van der Waals surface area contributed by atoms with Gasteiger partial charge in [-0.15, -0.1) is 0 Å². The minimum atomic E-state index is -0.137. The Morgan fingerprint density at radius 1 is 1.00 bits per heavy atom. The fourth-order valence-electron chi connectivity index (χ4n) is 2.97. The number of carbonyl (C=O) groups is 1. The molecule has 3 aromatic heterocycles. The third-order valence-electron chi connectivity index (χ3n) is 4.34. The number of hydrogen-bond acceptors (Lipinski definition) is 4. The number of benzene rings is 1. The zero-order valence-corrected chi connectivity index (χ0v) is 14.9. The monoisotopic (exact) mass is 354 g/mol. The summed E-state index contributed by atoms with van der Waals surface area (Å²) in [4.78, 5) is 25.9. The molecule has 4 aromatic rings. The maximum atomic E-state index is 13.0. The summed E-state index contributed by atoms with van der Waals surface area (Å²) in [6, 6.07) is 15.4. The molecule has 0 aliphatic rings. The molecule has 0 saturated heterocycles. The van der Waals surface area contributed by atoms with Gasteiger partial charge in [-0.2, -0.15) is 0 Å². The molecular weight excluding hydrogens is 336 g/mol. The van der Waals surface area contributed by atoms with E-state index in [1.165, 1.54) is 0 Å². The molecule has 0 bridgehead atoms. The highest BCUT2D eigenvalue weighted by Crippen LogP contribution is 2.25. The van der Waals surface area contributed by atoms with Crippen LogP contribution < -0.4 is 5.32 Å². The summed E-state index contributed by atoms with van der Waals surface area (Å²) >= 11 is 0. The van der Waals surface area contributed by atoms with Gasteiger partial charge in [0.2, 0.25) is 0 Å². The first-order valence-corrected chi connectivity index (χ1v) is 8.69. The van der Waals surface area contributed by atoms with Crippen LogP contribution in [0.1, 0.15) is 21.5 Å². The number of nitrogens with one attached hydrogen (secondary N) is 1. The highest BCUT2D eigenvalue weighted by molar-refractivity contribution is 6.07. The van der Waals surface area contributed by atoms with Crippen molar-refractivity contribution in [3.8, 4) is 11.3 Å². The van der Waals surface area contributed by atoms with E-state index in [0.29, 0.717) is 12.1 Å². The Bertz CT molecular complexity index is 1100. The van der Waals surface area contributed by atoms with Crippen LogP contribution in [0.5, 0.6) is 0 Å². The Balaban J connectivity index is 1.75. The van der Waals surface area contributed by atoms with E-state index in [0.717, 1.165) is 33.3 Å². The van der Waals surface area contributed by atoms with Gasteiger partial charge in [-0.05, 0) is 48.9 Å². The van der Waals surface area contributed by atoms with Gasteiger partial charge in [0.15, 0.2) is 0 Å². The van der Waals surface area contributed by atoms with Crippen LogP contribution in [-0.2, 0) is 6.54 Å². The number of aromatic nitrogens is 3. The maximum Gasteiger partial charge on any atom is 0.252 e. The van der Waals surface area contributed by atoms with Crippen molar-refractivity contribution >= 4 is 16.8 Å². The first-order chi connectivity index (χ1) is 13.2. The zero-order chi connectivity index (χ0) is 18.6. The Labute approximate surface area is 157 Å². The van der Waals surface area contributed by atoms with Crippen molar-refractivity contribution in [1.29, 1.82) is 0 Å². The molecule has 0 fully saturated rings. The SMILES string of the molecule is Cc1ccc2nc(-c3cccnc3)cc(C(=O)NCc3cccnc3)c2c1. The van der Waals surface area contributed by atoms with E-state index in [4.69, 9.17) is 4.98 Å². The third kappa shape index (κ3) is 3.67. The first kappa shape index (κ1) is 16.8. The average molecular weight is 354 g/mol. The van der Waals surface area contributed by atoms with Crippen LogP contribution in [0.25, 0.3) is 22.2 Å². The fourth-order valence-corrected chi connectivity index (χ4v) is 2.97. The van der Waals surface area contributed by atoms with Crippen LogP contribution >= 0.6 is 0 Å². The number of carbonyl (C=O) groups excluding carboxylic acids is 1. The molecule has 0 aliphatic carbocycles. The van der Waals surface area contributed by atoms with Crippen molar-refractivity contribution in [2.24, 2.45) is 0 Å². The number of rotatable bonds is 4. The molecule has 1 aromatic carbocycles. The maximum absolute atomic E-state index is 13.0. The average Bonchev–Trinajstić information content (AvgIpc) is 2.72. The molecule has 0 atom stereocenters. The quantitative estimate of drug-likeness (QED) is 0.603. The normalized spacial score (nSPS) is 10.7. The lowest BCUT2D eigenvalue weighted by Crippen LogP contribution is -2.23. The van der Waals surface area contributed by atoms with Crippen molar-refractivity contribution < 1.29 is 4.79 Å². The molecule has 0 radical (unpaired) electrons. The summed E-state index contributed by atoms with van der Waals surface area (Å²) in [6.07, 6.45) is 6.93. The lowest BCUT2D eigenvalue weighted by atomic mass is 10.0. The molecule has 4 rings (SSSR count). The van der Waals surface area contributed by atoms with Crippen LogP contribution in [0, 0.1) is 6.92 Å². The van der Waals surface area contributed by atoms with Gasteiger partial charge >= 0.3 is 0 Å². The summed E-state index contributed by atoms with van der Waals surface area (Å²) in [7, 11) is 0. The zero-order valence-electron chi connectivity index (χ0n) is 14.9. The Morgan fingerprint density at radius 3 is 2.56 bits per heavy atom. The van der Waals surface area contributed by atoms with Crippen LogP contribution in [0.4, 0.5) is 0 Å². The van der Waals surface area contributed by atoms with Crippen LogP contribution in [-0.4, -0.2) is 20.9 Å². The minimum Gasteiger partial charge on any atom is -0.348 e. The van der Waals surface area contributed by atoms with Crippen molar-refractivity contribution in [3.05, 3.63) is 90.0 Å². The fraction of sp³-hybridized carbons (Fsp3) is 0.0909. The Kier molecular flexibility index (Phi) is 4.58. The van der Waals surface area contributed by atoms with Gasteiger partial charge in [-0.1, -0.05) is 17.7 Å². The number of pyridine rings is 3. The molecule has 5 heteroatoms. The molecule has 1 amide bonds. The van der Waals surface area contributed by atoms with E-state index in [1.807, 2.05) is 55.5 Å². The summed E-state index contributed by atoms with van der Waals surface area (Å²) in [5, 5.41) is 3.82.